The Kier molecular flexibility index (Phi) is 5.76. The summed E-state index contributed by atoms with van der Waals surface area (Å²) in [7, 11) is 0. The summed E-state index contributed by atoms with van der Waals surface area (Å²) in [4.78, 5) is 17.1. The second kappa shape index (κ2) is 7.65. The zero-order valence-electron chi connectivity index (χ0n) is 17.2. The van der Waals surface area contributed by atoms with Crippen molar-refractivity contribution in [3.8, 4) is 0 Å². The van der Waals surface area contributed by atoms with Gasteiger partial charge in [0.25, 0.3) is 0 Å². The van der Waals surface area contributed by atoms with Gasteiger partial charge in [-0.3, -0.25) is 0 Å². The van der Waals surface area contributed by atoms with Crippen LogP contribution in [0.4, 0.5) is 9.18 Å². The van der Waals surface area contributed by atoms with E-state index in [1.807, 2.05) is 26.8 Å². The second-order valence-electron chi connectivity index (χ2n) is 9.04. The minimum absolute atomic E-state index is 0.119. The predicted octanol–water partition coefficient (Wildman–Crippen LogP) is 5.90. The van der Waals surface area contributed by atoms with Gasteiger partial charge in [0.2, 0.25) is 0 Å². The first-order chi connectivity index (χ1) is 13.0. The van der Waals surface area contributed by atoms with Crippen molar-refractivity contribution in [2.75, 3.05) is 0 Å². The molecule has 0 aliphatic heterocycles. The molecule has 1 aromatic heterocycles. The van der Waals surface area contributed by atoms with Crippen LogP contribution in [0.3, 0.4) is 0 Å². The van der Waals surface area contributed by atoms with E-state index in [9.17, 15) is 9.18 Å². The summed E-state index contributed by atoms with van der Waals surface area (Å²) < 4.78 is 22.8. The molecule has 0 bridgehead atoms. The molecule has 28 heavy (non-hydrogen) atoms. The maximum Gasteiger partial charge on any atom is 0.408 e. The minimum atomic E-state index is -0.551. The number of ether oxygens (including phenoxy) is 1. The van der Waals surface area contributed by atoms with E-state index >= 15 is 0 Å². The van der Waals surface area contributed by atoms with Gasteiger partial charge in [-0.2, -0.15) is 0 Å². The van der Waals surface area contributed by atoms with Crippen molar-refractivity contribution in [2.45, 2.75) is 83.9 Å². The maximum atomic E-state index is 14.5. The standard InChI is InChI=1S/C21H29BrFN3O2/c1-13(2)26-16-11-14(22)10-15(23)18(16)24-17(26)12-21(8-6-7-9-21)25-19(27)28-20(3,4)5/h10-11,13H,6-9,12H2,1-5H3,(H,25,27). The van der Waals surface area contributed by atoms with Crippen molar-refractivity contribution in [3.05, 3.63) is 28.2 Å². The Hall–Kier alpha value is -1.63. The number of carbonyl (C=O) groups is 1. The number of alkyl carbamates (subject to hydrolysis) is 1. The third-order valence-electron chi connectivity index (χ3n) is 5.13. The van der Waals surface area contributed by atoms with Crippen LogP contribution < -0.4 is 5.32 Å². The lowest BCUT2D eigenvalue weighted by molar-refractivity contribution is 0.0454. The molecular weight excluding hydrogens is 425 g/mol. The summed E-state index contributed by atoms with van der Waals surface area (Å²) in [6, 6.07) is 3.46. The van der Waals surface area contributed by atoms with Gasteiger partial charge in [-0.1, -0.05) is 28.8 Å². The quantitative estimate of drug-likeness (QED) is 0.626. The van der Waals surface area contributed by atoms with E-state index in [-0.39, 0.29) is 11.9 Å². The fraction of sp³-hybridized carbons (Fsp3) is 0.619. The topological polar surface area (TPSA) is 56.2 Å². The Morgan fingerprint density at radius 3 is 2.57 bits per heavy atom. The average molecular weight is 454 g/mol. The zero-order chi connectivity index (χ0) is 20.7. The number of halogens is 2. The first-order valence-corrected chi connectivity index (χ1v) is 10.7. The first-order valence-electron chi connectivity index (χ1n) is 9.87. The highest BCUT2D eigenvalue weighted by Gasteiger charge is 2.38. The van der Waals surface area contributed by atoms with Crippen molar-refractivity contribution in [3.63, 3.8) is 0 Å². The van der Waals surface area contributed by atoms with E-state index < -0.39 is 17.2 Å². The molecule has 1 saturated carbocycles. The number of nitrogens with zero attached hydrogens (tertiary/aromatic N) is 2. The number of aromatic nitrogens is 2. The van der Waals surface area contributed by atoms with E-state index in [0.717, 1.165) is 37.0 Å². The third-order valence-corrected chi connectivity index (χ3v) is 5.58. The van der Waals surface area contributed by atoms with Gasteiger partial charge >= 0.3 is 6.09 Å². The van der Waals surface area contributed by atoms with Crippen LogP contribution in [0.5, 0.6) is 0 Å². The molecule has 1 N–H and O–H groups in total. The Morgan fingerprint density at radius 2 is 2.00 bits per heavy atom. The van der Waals surface area contributed by atoms with E-state index in [1.54, 1.807) is 0 Å². The number of benzene rings is 1. The molecule has 1 heterocycles. The fourth-order valence-corrected chi connectivity index (χ4v) is 4.51. The molecule has 2 aromatic rings. The van der Waals surface area contributed by atoms with Gasteiger partial charge in [0.05, 0.1) is 11.1 Å². The summed E-state index contributed by atoms with van der Waals surface area (Å²) in [5.41, 5.74) is 0.175. The van der Waals surface area contributed by atoms with Crippen LogP contribution in [-0.2, 0) is 11.2 Å². The second-order valence-corrected chi connectivity index (χ2v) is 9.95. The Bertz CT molecular complexity index is 880. The number of amides is 1. The van der Waals surface area contributed by atoms with Crippen LogP contribution in [0.2, 0.25) is 0 Å². The Balaban J connectivity index is 1.98. The van der Waals surface area contributed by atoms with Gasteiger partial charge in [0.1, 0.15) is 16.9 Å². The number of hydrogen-bond acceptors (Lipinski definition) is 3. The van der Waals surface area contributed by atoms with E-state index in [2.05, 4.69) is 44.6 Å². The van der Waals surface area contributed by atoms with Gasteiger partial charge < -0.3 is 14.6 Å². The Morgan fingerprint density at radius 1 is 1.36 bits per heavy atom. The van der Waals surface area contributed by atoms with Crippen molar-refractivity contribution in [2.24, 2.45) is 0 Å². The van der Waals surface area contributed by atoms with Gasteiger partial charge in [-0.25, -0.2) is 14.2 Å². The molecule has 0 spiro atoms. The molecule has 0 unspecified atom stereocenters. The molecule has 3 rings (SSSR count). The van der Waals surface area contributed by atoms with Gasteiger partial charge in [-0.15, -0.1) is 0 Å². The number of imidazole rings is 1. The largest absolute Gasteiger partial charge is 0.444 e. The van der Waals surface area contributed by atoms with Crippen LogP contribution in [0.25, 0.3) is 11.0 Å². The summed E-state index contributed by atoms with van der Waals surface area (Å²) in [5.74, 6) is 0.450. The molecule has 1 aliphatic rings. The molecule has 7 heteroatoms. The fourth-order valence-electron chi connectivity index (χ4n) is 4.09. The SMILES string of the molecule is CC(C)n1c(CC2(NC(=O)OC(C)(C)C)CCCC2)nc2c(F)cc(Br)cc21. The summed E-state index contributed by atoms with van der Waals surface area (Å²) in [6.45, 7) is 9.68. The van der Waals surface area contributed by atoms with Crippen LogP contribution >= 0.6 is 15.9 Å². The van der Waals surface area contributed by atoms with Gasteiger partial charge in [0.15, 0.2) is 5.82 Å². The molecule has 5 nitrogen and oxygen atoms in total. The molecule has 1 fully saturated rings. The predicted molar refractivity (Wildman–Crippen MR) is 112 cm³/mol. The molecule has 1 aliphatic carbocycles. The molecule has 0 atom stereocenters. The highest BCUT2D eigenvalue weighted by atomic mass is 79.9. The lowest BCUT2D eigenvalue weighted by Gasteiger charge is -2.32. The minimum Gasteiger partial charge on any atom is -0.444 e. The highest BCUT2D eigenvalue weighted by Crippen LogP contribution is 2.35. The van der Waals surface area contributed by atoms with Crippen molar-refractivity contribution >= 4 is 33.1 Å². The molecule has 0 saturated heterocycles. The number of carbonyl (C=O) groups excluding carboxylic acids is 1. The Labute approximate surface area is 174 Å². The smallest absolute Gasteiger partial charge is 0.408 e. The van der Waals surface area contributed by atoms with E-state index in [0.29, 0.717) is 16.4 Å². The van der Waals surface area contributed by atoms with Crippen LogP contribution in [0, 0.1) is 5.82 Å². The van der Waals surface area contributed by atoms with Crippen LogP contribution in [0.15, 0.2) is 16.6 Å². The highest BCUT2D eigenvalue weighted by molar-refractivity contribution is 9.10. The maximum absolute atomic E-state index is 14.5. The summed E-state index contributed by atoms with van der Waals surface area (Å²) >= 11 is 3.38. The van der Waals surface area contributed by atoms with Crippen LogP contribution in [-0.4, -0.2) is 26.8 Å². The van der Waals surface area contributed by atoms with Crippen molar-refractivity contribution in [1.29, 1.82) is 0 Å². The molecule has 0 radical (unpaired) electrons. The number of nitrogens with one attached hydrogen (secondary N) is 1. The monoisotopic (exact) mass is 453 g/mol. The third kappa shape index (κ3) is 4.50. The van der Waals surface area contributed by atoms with Gasteiger partial charge in [-0.05, 0) is 59.6 Å². The van der Waals surface area contributed by atoms with Crippen molar-refractivity contribution < 1.29 is 13.9 Å². The average Bonchev–Trinajstić information content (AvgIpc) is 3.10. The zero-order valence-corrected chi connectivity index (χ0v) is 18.8. The summed E-state index contributed by atoms with van der Waals surface area (Å²) in [6.07, 6.45) is 3.95. The van der Waals surface area contributed by atoms with Crippen molar-refractivity contribution in [1.82, 2.24) is 14.9 Å². The normalized spacial score (nSPS) is 16.7. The lowest BCUT2D eigenvalue weighted by atomic mass is 9.92. The van der Waals surface area contributed by atoms with E-state index in [1.165, 1.54) is 6.07 Å². The lowest BCUT2D eigenvalue weighted by Crippen LogP contribution is -2.50. The van der Waals surface area contributed by atoms with Crippen LogP contribution in [0.1, 0.15) is 72.2 Å². The molecule has 1 amide bonds. The number of rotatable bonds is 4. The number of fused-ring (bicyclic) bond motifs is 1. The van der Waals surface area contributed by atoms with E-state index in [4.69, 9.17) is 4.74 Å². The van der Waals surface area contributed by atoms with Gasteiger partial charge in [0, 0.05) is 16.9 Å². The number of hydrogen-bond donors (Lipinski definition) is 1. The summed E-state index contributed by atoms with van der Waals surface area (Å²) in [5, 5.41) is 3.12. The molecular formula is C21H29BrFN3O2. The molecule has 154 valence electrons. The first kappa shape index (κ1) is 21.1. The molecule has 1 aromatic carbocycles.